The van der Waals surface area contributed by atoms with Crippen LogP contribution in [0, 0.1) is 6.92 Å². The molecule has 0 aliphatic heterocycles. The summed E-state index contributed by atoms with van der Waals surface area (Å²) in [6.45, 7) is 5.44. The zero-order chi connectivity index (χ0) is 27.9. The summed E-state index contributed by atoms with van der Waals surface area (Å²) in [7, 11) is -2.64. The number of nitrogens with one attached hydrogen (secondary N) is 1. The fourth-order valence-electron chi connectivity index (χ4n) is 3.87. The van der Waals surface area contributed by atoms with Crippen molar-refractivity contribution in [3.05, 3.63) is 88.4 Å². The van der Waals surface area contributed by atoms with Crippen LogP contribution in [0.3, 0.4) is 0 Å². The Morgan fingerprint density at radius 1 is 1.03 bits per heavy atom. The number of likely N-dealkylation sites (N-methyl/N-ethyl adjacent to an activating group) is 1. The van der Waals surface area contributed by atoms with Crippen LogP contribution >= 0.6 is 15.9 Å². The van der Waals surface area contributed by atoms with Gasteiger partial charge in [0.05, 0.1) is 17.2 Å². The number of halogens is 1. The number of anilines is 1. The average molecular weight is 603 g/mol. The van der Waals surface area contributed by atoms with Gasteiger partial charge < -0.3 is 15.0 Å². The highest BCUT2D eigenvalue weighted by molar-refractivity contribution is 9.10. The zero-order valence-corrected chi connectivity index (χ0v) is 24.3. The summed E-state index contributed by atoms with van der Waals surface area (Å²) in [4.78, 5) is 27.7. The zero-order valence-electron chi connectivity index (χ0n) is 21.8. The smallest absolute Gasteiger partial charge is 0.264 e. The first-order valence-electron chi connectivity index (χ1n) is 12.1. The quantitative estimate of drug-likeness (QED) is 0.349. The van der Waals surface area contributed by atoms with Crippen LogP contribution in [0.15, 0.2) is 82.2 Å². The van der Waals surface area contributed by atoms with Crippen molar-refractivity contribution in [1.82, 2.24) is 10.2 Å². The maximum Gasteiger partial charge on any atom is 0.264 e. The van der Waals surface area contributed by atoms with Crippen molar-refractivity contribution in [1.29, 1.82) is 0 Å². The van der Waals surface area contributed by atoms with Crippen molar-refractivity contribution in [2.45, 2.75) is 38.3 Å². The molecule has 0 saturated carbocycles. The third-order valence-corrected chi connectivity index (χ3v) is 8.26. The molecule has 0 aliphatic carbocycles. The van der Waals surface area contributed by atoms with Gasteiger partial charge in [0, 0.05) is 18.1 Å². The van der Waals surface area contributed by atoms with Gasteiger partial charge in [-0.15, -0.1) is 0 Å². The van der Waals surface area contributed by atoms with Crippen LogP contribution in [0.25, 0.3) is 0 Å². The fourth-order valence-corrected chi connectivity index (χ4v) is 5.73. The van der Waals surface area contributed by atoms with E-state index in [1.54, 1.807) is 43.3 Å². The maximum atomic E-state index is 13.8. The van der Waals surface area contributed by atoms with E-state index in [0.717, 1.165) is 19.9 Å². The Labute approximate surface area is 232 Å². The van der Waals surface area contributed by atoms with Crippen LogP contribution in [0.2, 0.25) is 0 Å². The minimum absolute atomic E-state index is 0.0206. The Bertz CT molecular complexity index is 1360. The summed E-state index contributed by atoms with van der Waals surface area (Å²) in [5, 5.41) is 2.57. The number of ether oxygens (including phenoxy) is 1. The Balaban J connectivity index is 2.01. The molecule has 0 fully saturated rings. The lowest BCUT2D eigenvalue weighted by molar-refractivity contribution is -0.139. The van der Waals surface area contributed by atoms with Crippen molar-refractivity contribution >= 4 is 43.5 Å². The third-order valence-electron chi connectivity index (χ3n) is 5.98. The van der Waals surface area contributed by atoms with Gasteiger partial charge in [-0.2, -0.15) is 0 Å². The van der Waals surface area contributed by atoms with Gasteiger partial charge >= 0.3 is 0 Å². The number of aryl methyl sites for hydroxylation is 1. The highest BCUT2D eigenvalue weighted by atomic mass is 79.9. The van der Waals surface area contributed by atoms with Gasteiger partial charge in [0.1, 0.15) is 18.3 Å². The number of benzene rings is 3. The number of nitrogens with zero attached hydrogens (tertiary/aromatic N) is 2. The molecular weight excluding hydrogens is 570 g/mol. The number of amides is 2. The highest BCUT2D eigenvalue weighted by Crippen LogP contribution is 2.26. The third kappa shape index (κ3) is 7.14. The van der Waals surface area contributed by atoms with Crippen molar-refractivity contribution in [2.24, 2.45) is 0 Å². The molecule has 0 unspecified atom stereocenters. The SMILES string of the molecule is CCOc1ccc(S(=O)(=O)N(CC(=O)N(Cc2cccc(Br)c2)[C@@H](C)C(=O)NC)c2ccc(C)cc2)cc1. The topological polar surface area (TPSA) is 96.0 Å². The molecule has 0 aromatic heterocycles. The summed E-state index contributed by atoms with van der Waals surface area (Å²) in [6, 6.07) is 19.5. The monoisotopic (exact) mass is 601 g/mol. The van der Waals surface area contributed by atoms with E-state index in [2.05, 4.69) is 21.2 Å². The van der Waals surface area contributed by atoms with Gasteiger partial charge in [-0.05, 0) is 74.9 Å². The van der Waals surface area contributed by atoms with Gasteiger partial charge in [0.15, 0.2) is 0 Å². The summed E-state index contributed by atoms with van der Waals surface area (Å²) < 4.78 is 35.0. The second kappa shape index (κ2) is 12.9. The molecule has 0 heterocycles. The summed E-state index contributed by atoms with van der Waals surface area (Å²) in [5.74, 6) is -0.329. The van der Waals surface area contributed by atoms with Gasteiger partial charge in [-0.25, -0.2) is 8.42 Å². The van der Waals surface area contributed by atoms with E-state index in [0.29, 0.717) is 18.0 Å². The first-order valence-corrected chi connectivity index (χ1v) is 14.4. The Morgan fingerprint density at radius 3 is 2.26 bits per heavy atom. The van der Waals surface area contributed by atoms with Crippen LogP contribution in [-0.4, -0.2) is 51.4 Å². The first-order chi connectivity index (χ1) is 18.1. The predicted molar refractivity (Wildman–Crippen MR) is 152 cm³/mol. The van der Waals surface area contributed by atoms with Gasteiger partial charge in [0.2, 0.25) is 11.8 Å². The number of hydrogen-bond acceptors (Lipinski definition) is 5. The molecule has 0 bridgehead atoms. The van der Waals surface area contributed by atoms with E-state index in [1.807, 2.05) is 38.1 Å². The molecule has 0 aliphatic rings. The molecule has 1 N–H and O–H groups in total. The van der Waals surface area contributed by atoms with Crippen molar-refractivity contribution in [3.8, 4) is 5.75 Å². The minimum Gasteiger partial charge on any atom is -0.494 e. The van der Waals surface area contributed by atoms with E-state index in [-0.39, 0.29) is 17.3 Å². The van der Waals surface area contributed by atoms with E-state index in [9.17, 15) is 18.0 Å². The number of sulfonamides is 1. The lowest BCUT2D eigenvalue weighted by Gasteiger charge is -2.31. The standard InChI is InChI=1S/C28H32BrN3O5S/c1-5-37-25-13-15-26(16-14-25)38(35,36)32(24-11-9-20(2)10-12-24)19-27(33)31(21(3)28(34)30-4)18-22-7-6-8-23(29)17-22/h6-17,21H,5,18-19H2,1-4H3,(H,30,34)/t21-/m0/s1. The molecule has 3 aromatic carbocycles. The van der Waals surface area contributed by atoms with Crippen molar-refractivity contribution in [3.63, 3.8) is 0 Å². The molecule has 202 valence electrons. The first kappa shape index (κ1) is 29.2. The van der Waals surface area contributed by atoms with E-state index >= 15 is 0 Å². The summed E-state index contributed by atoms with van der Waals surface area (Å²) >= 11 is 3.43. The van der Waals surface area contributed by atoms with Crippen LogP contribution in [-0.2, 0) is 26.2 Å². The molecular formula is C28H32BrN3O5S. The van der Waals surface area contributed by atoms with Crippen molar-refractivity contribution in [2.75, 3.05) is 24.5 Å². The van der Waals surface area contributed by atoms with E-state index < -0.39 is 28.5 Å². The molecule has 0 spiro atoms. The molecule has 0 saturated heterocycles. The maximum absolute atomic E-state index is 13.8. The molecule has 2 amide bonds. The number of rotatable bonds is 11. The molecule has 38 heavy (non-hydrogen) atoms. The largest absolute Gasteiger partial charge is 0.494 e. The number of carbonyl (C=O) groups is 2. The second-order valence-electron chi connectivity index (χ2n) is 8.69. The Morgan fingerprint density at radius 2 is 1.68 bits per heavy atom. The Kier molecular flexibility index (Phi) is 9.93. The molecule has 1 atom stereocenters. The van der Waals surface area contributed by atoms with Gasteiger partial charge in [-0.1, -0.05) is 45.8 Å². The van der Waals surface area contributed by atoms with Crippen LogP contribution in [0.4, 0.5) is 5.69 Å². The fraction of sp³-hybridized carbons (Fsp3) is 0.286. The minimum atomic E-state index is -4.14. The highest BCUT2D eigenvalue weighted by Gasteiger charge is 2.32. The molecule has 10 heteroatoms. The van der Waals surface area contributed by atoms with Crippen molar-refractivity contribution < 1.29 is 22.7 Å². The van der Waals surface area contributed by atoms with Crippen LogP contribution in [0.1, 0.15) is 25.0 Å². The van der Waals surface area contributed by atoms with E-state index in [1.165, 1.54) is 24.1 Å². The van der Waals surface area contributed by atoms with Crippen LogP contribution in [0.5, 0.6) is 5.75 Å². The summed E-state index contributed by atoms with van der Waals surface area (Å²) in [5.41, 5.74) is 2.08. The normalized spacial score (nSPS) is 11.9. The second-order valence-corrected chi connectivity index (χ2v) is 11.5. The Hall–Kier alpha value is -3.37. The lowest BCUT2D eigenvalue weighted by Crippen LogP contribution is -2.50. The van der Waals surface area contributed by atoms with Gasteiger partial charge in [-0.3, -0.25) is 13.9 Å². The lowest BCUT2D eigenvalue weighted by atomic mass is 10.1. The molecule has 3 aromatic rings. The van der Waals surface area contributed by atoms with Crippen LogP contribution < -0.4 is 14.4 Å². The average Bonchev–Trinajstić information content (AvgIpc) is 2.90. The molecule has 8 nitrogen and oxygen atoms in total. The molecule has 3 rings (SSSR count). The molecule has 0 radical (unpaired) electrons. The van der Waals surface area contributed by atoms with Gasteiger partial charge in [0.25, 0.3) is 10.0 Å². The summed E-state index contributed by atoms with van der Waals surface area (Å²) in [6.07, 6.45) is 0. The number of hydrogen-bond donors (Lipinski definition) is 1. The number of carbonyl (C=O) groups excluding carboxylic acids is 2. The van der Waals surface area contributed by atoms with E-state index in [4.69, 9.17) is 4.74 Å². The predicted octanol–water partition coefficient (Wildman–Crippen LogP) is 4.51.